The molecule has 6 nitrogen and oxygen atoms in total. The van der Waals surface area contributed by atoms with E-state index in [2.05, 4.69) is 10.3 Å². The van der Waals surface area contributed by atoms with Crippen LogP contribution in [0, 0.1) is 0 Å². The van der Waals surface area contributed by atoms with Crippen LogP contribution in [-0.2, 0) is 0 Å². The van der Waals surface area contributed by atoms with Gasteiger partial charge in [0.15, 0.2) is 0 Å². The Morgan fingerprint density at radius 2 is 1.79 bits per heavy atom. The number of carbonyl (C=O) groups is 2. The third-order valence-corrected chi connectivity index (χ3v) is 5.66. The number of hydrogen-bond donors (Lipinski definition) is 1. The fraction of sp³-hybridized carbons (Fsp3) is 0.409. The van der Waals surface area contributed by atoms with Gasteiger partial charge in [0.25, 0.3) is 11.8 Å². The summed E-state index contributed by atoms with van der Waals surface area (Å²) in [5.74, 6) is 0.603. The molecular formula is C22H25N3O3. The lowest BCUT2D eigenvalue weighted by Gasteiger charge is -2.39. The minimum absolute atomic E-state index is 0.0375. The fourth-order valence-corrected chi connectivity index (χ4v) is 4.46. The van der Waals surface area contributed by atoms with Gasteiger partial charge in [-0.2, -0.15) is 0 Å². The predicted octanol–water partition coefficient (Wildman–Crippen LogP) is 3.05. The van der Waals surface area contributed by atoms with Crippen LogP contribution in [0.4, 0.5) is 0 Å². The second kappa shape index (κ2) is 8.00. The van der Waals surface area contributed by atoms with Crippen LogP contribution in [0.5, 0.6) is 5.75 Å². The van der Waals surface area contributed by atoms with Crippen LogP contribution in [0.3, 0.4) is 0 Å². The number of carbonyl (C=O) groups excluding carboxylic acids is 2. The van der Waals surface area contributed by atoms with E-state index >= 15 is 0 Å². The number of amides is 2. The van der Waals surface area contributed by atoms with Crippen LogP contribution < -0.4 is 10.1 Å². The molecule has 6 heteroatoms. The second-order valence-electron chi connectivity index (χ2n) is 7.40. The van der Waals surface area contributed by atoms with Crippen molar-refractivity contribution in [3.05, 3.63) is 59.9 Å². The largest absolute Gasteiger partial charge is 0.493 e. The van der Waals surface area contributed by atoms with Crippen molar-refractivity contribution in [2.45, 2.75) is 50.7 Å². The molecule has 0 aliphatic carbocycles. The van der Waals surface area contributed by atoms with Gasteiger partial charge >= 0.3 is 0 Å². The summed E-state index contributed by atoms with van der Waals surface area (Å²) in [6.07, 6.45) is 6.78. The van der Waals surface area contributed by atoms with Crippen LogP contribution in [0.1, 0.15) is 53.3 Å². The van der Waals surface area contributed by atoms with Gasteiger partial charge in [-0.3, -0.25) is 14.6 Å². The molecule has 2 aliphatic rings. The number of fused-ring (bicyclic) bond motifs is 2. The van der Waals surface area contributed by atoms with E-state index in [-0.39, 0.29) is 29.9 Å². The Hall–Kier alpha value is -2.89. The first-order chi connectivity index (χ1) is 13.7. The Labute approximate surface area is 164 Å². The molecule has 146 valence electrons. The number of ether oxygens (including phenoxy) is 1. The topological polar surface area (TPSA) is 71.5 Å². The third-order valence-electron chi connectivity index (χ3n) is 5.66. The first-order valence-corrected chi connectivity index (χ1v) is 9.92. The maximum Gasteiger partial charge on any atom is 0.258 e. The zero-order valence-corrected chi connectivity index (χ0v) is 16.0. The minimum atomic E-state index is -0.0757. The van der Waals surface area contributed by atoms with E-state index in [1.165, 1.54) is 0 Å². The summed E-state index contributed by atoms with van der Waals surface area (Å²) in [4.78, 5) is 31.7. The smallest absolute Gasteiger partial charge is 0.258 e. The number of rotatable bonds is 5. The number of piperidine rings is 1. The van der Waals surface area contributed by atoms with Gasteiger partial charge in [-0.1, -0.05) is 12.1 Å². The normalized spacial score (nSPS) is 23.3. The first kappa shape index (κ1) is 18.5. The number of benzene rings is 1. The van der Waals surface area contributed by atoms with Crippen molar-refractivity contribution in [3.8, 4) is 5.75 Å². The van der Waals surface area contributed by atoms with Gasteiger partial charge in [0.05, 0.1) is 12.2 Å². The van der Waals surface area contributed by atoms with E-state index < -0.39 is 0 Å². The van der Waals surface area contributed by atoms with Crippen molar-refractivity contribution < 1.29 is 14.3 Å². The average Bonchev–Trinajstić information content (AvgIpc) is 2.99. The zero-order chi connectivity index (χ0) is 19.5. The molecule has 2 bridgehead atoms. The maximum atomic E-state index is 13.3. The summed E-state index contributed by atoms with van der Waals surface area (Å²) < 4.78 is 5.65. The molecule has 2 aliphatic heterocycles. The molecular weight excluding hydrogens is 354 g/mol. The minimum Gasteiger partial charge on any atom is -0.493 e. The number of aromatic nitrogens is 1. The van der Waals surface area contributed by atoms with Gasteiger partial charge in [-0.05, 0) is 56.9 Å². The van der Waals surface area contributed by atoms with E-state index in [1.807, 2.05) is 36.1 Å². The molecule has 2 aromatic rings. The molecule has 28 heavy (non-hydrogen) atoms. The van der Waals surface area contributed by atoms with E-state index in [0.29, 0.717) is 23.5 Å². The lowest BCUT2D eigenvalue weighted by atomic mass is 9.95. The molecule has 1 aromatic carbocycles. The number of hydrogen-bond acceptors (Lipinski definition) is 4. The molecule has 2 amide bonds. The van der Waals surface area contributed by atoms with Crippen LogP contribution in [0.2, 0.25) is 0 Å². The highest BCUT2D eigenvalue weighted by Gasteiger charge is 2.44. The molecule has 1 unspecified atom stereocenters. The average molecular weight is 379 g/mol. The van der Waals surface area contributed by atoms with Crippen LogP contribution >= 0.6 is 0 Å². The highest BCUT2D eigenvalue weighted by Crippen LogP contribution is 2.38. The van der Waals surface area contributed by atoms with Crippen molar-refractivity contribution in [1.82, 2.24) is 15.2 Å². The zero-order valence-electron chi connectivity index (χ0n) is 16.0. The van der Waals surface area contributed by atoms with E-state index in [4.69, 9.17) is 4.74 Å². The van der Waals surface area contributed by atoms with Gasteiger partial charge in [0.2, 0.25) is 0 Å². The summed E-state index contributed by atoms with van der Waals surface area (Å²) in [5, 5.41) is 3.14. The van der Waals surface area contributed by atoms with Crippen LogP contribution in [-0.4, -0.2) is 46.4 Å². The quantitative estimate of drug-likeness (QED) is 0.867. The number of pyridine rings is 1. The Balaban J connectivity index is 1.46. The van der Waals surface area contributed by atoms with Gasteiger partial charge in [-0.25, -0.2) is 0 Å². The highest BCUT2D eigenvalue weighted by atomic mass is 16.5. The molecule has 2 saturated heterocycles. The first-order valence-electron chi connectivity index (χ1n) is 9.92. The third kappa shape index (κ3) is 3.59. The molecule has 3 heterocycles. The van der Waals surface area contributed by atoms with Crippen molar-refractivity contribution >= 4 is 11.8 Å². The Morgan fingerprint density at radius 1 is 1.11 bits per heavy atom. The van der Waals surface area contributed by atoms with Crippen molar-refractivity contribution in [1.29, 1.82) is 0 Å². The SMILES string of the molecule is CCOc1ccccc1C(=O)N1[C@@H]2CC[C@H]1CC(NC(=O)c1ccncc1)C2. The predicted molar refractivity (Wildman–Crippen MR) is 105 cm³/mol. The van der Waals surface area contributed by atoms with Crippen molar-refractivity contribution in [3.63, 3.8) is 0 Å². The summed E-state index contributed by atoms with van der Waals surface area (Å²) in [5.41, 5.74) is 1.24. The van der Waals surface area contributed by atoms with E-state index in [0.717, 1.165) is 25.7 Å². The molecule has 4 rings (SSSR count). The standard InChI is InChI=1S/C22H25N3O3/c1-2-28-20-6-4-3-5-19(20)22(27)25-17-7-8-18(25)14-16(13-17)24-21(26)15-9-11-23-12-10-15/h3-6,9-12,16-18H,2,7-8,13-14H2,1H3,(H,24,26)/t16?,17-,18+. The highest BCUT2D eigenvalue weighted by molar-refractivity contribution is 5.97. The van der Waals surface area contributed by atoms with Gasteiger partial charge in [-0.15, -0.1) is 0 Å². The molecule has 2 fully saturated rings. The molecule has 0 spiro atoms. The lowest BCUT2D eigenvalue weighted by molar-refractivity contribution is 0.0546. The fourth-order valence-electron chi connectivity index (χ4n) is 4.46. The van der Waals surface area contributed by atoms with Crippen molar-refractivity contribution in [2.75, 3.05) is 6.61 Å². The van der Waals surface area contributed by atoms with Gasteiger partial charge < -0.3 is 15.0 Å². The summed E-state index contributed by atoms with van der Waals surface area (Å²) >= 11 is 0. The van der Waals surface area contributed by atoms with E-state index in [1.54, 1.807) is 24.5 Å². The summed E-state index contributed by atoms with van der Waals surface area (Å²) in [6, 6.07) is 11.3. The van der Waals surface area contributed by atoms with Gasteiger partial charge in [0, 0.05) is 36.1 Å². The molecule has 1 N–H and O–H groups in total. The molecule has 1 aromatic heterocycles. The van der Waals surface area contributed by atoms with E-state index in [9.17, 15) is 9.59 Å². The number of nitrogens with one attached hydrogen (secondary N) is 1. The summed E-state index contributed by atoms with van der Waals surface area (Å²) in [7, 11) is 0. The lowest BCUT2D eigenvalue weighted by Crippen LogP contribution is -2.52. The van der Waals surface area contributed by atoms with Crippen LogP contribution in [0.15, 0.2) is 48.8 Å². The Morgan fingerprint density at radius 3 is 2.46 bits per heavy atom. The second-order valence-corrected chi connectivity index (χ2v) is 7.40. The number of nitrogens with zero attached hydrogens (tertiary/aromatic N) is 2. The number of para-hydroxylation sites is 1. The Kier molecular flexibility index (Phi) is 5.28. The molecule has 0 radical (unpaired) electrons. The monoisotopic (exact) mass is 379 g/mol. The van der Waals surface area contributed by atoms with Crippen LogP contribution in [0.25, 0.3) is 0 Å². The molecule has 3 atom stereocenters. The molecule has 0 saturated carbocycles. The van der Waals surface area contributed by atoms with Crippen molar-refractivity contribution in [2.24, 2.45) is 0 Å². The summed E-state index contributed by atoms with van der Waals surface area (Å²) in [6.45, 7) is 2.45. The maximum absolute atomic E-state index is 13.3. The van der Waals surface area contributed by atoms with Gasteiger partial charge in [0.1, 0.15) is 5.75 Å². The Bertz CT molecular complexity index is 841.